The molecule has 0 aromatic heterocycles. The monoisotopic (exact) mass is 292 g/mol. The highest BCUT2D eigenvalue weighted by Gasteiger charge is 2.30. The quantitative estimate of drug-likeness (QED) is 0.875. The number of nitrogens with zero attached hydrogens (tertiary/aromatic N) is 1. The van der Waals surface area contributed by atoms with Crippen LogP contribution in [0.5, 0.6) is 0 Å². The molecule has 1 fully saturated rings. The van der Waals surface area contributed by atoms with Crippen molar-refractivity contribution in [1.82, 2.24) is 0 Å². The van der Waals surface area contributed by atoms with E-state index in [1.807, 2.05) is 0 Å². The Hall–Kier alpha value is -2.08. The van der Waals surface area contributed by atoms with Crippen molar-refractivity contribution in [2.45, 2.75) is 38.9 Å². The maximum absolute atomic E-state index is 11.9. The number of nitrogens with one attached hydrogen (secondary N) is 1. The molecule has 1 aromatic carbocycles. The maximum Gasteiger partial charge on any atom is 0.412 e. The topological polar surface area (TPSA) is 78.9 Å². The Labute approximate surface area is 123 Å². The zero-order chi connectivity index (χ0) is 15.6. The Morgan fingerprint density at radius 2 is 2.05 bits per heavy atom. The van der Waals surface area contributed by atoms with Gasteiger partial charge in [-0.15, -0.1) is 0 Å². The Morgan fingerprint density at radius 3 is 2.62 bits per heavy atom. The minimum absolute atomic E-state index is 0.0980. The molecule has 1 atom stereocenters. The number of aliphatic hydroxyl groups is 1. The minimum atomic E-state index is -0.674. The van der Waals surface area contributed by atoms with E-state index in [2.05, 4.69) is 5.32 Å². The molecule has 114 valence electrons. The summed E-state index contributed by atoms with van der Waals surface area (Å²) in [5, 5.41) is 12.2. The van der Waals surface area contributed by atoms with E-state index in [0.717, 1.165) is 0 Å². The molecule has 0 saturated carbocycles. The molecular weight excluding hydrogens is 272 g/mol. The molecular formula is C15H20N2O4. The lowest BCUT2D eigenvalue weighted by atomic mass is 10.2. The van der Waals surface area contributed by atoms with Crippen LogP contribution in [0.2, 0.25) is 0 Å². The van der Waals surface area contributed by atoms with Gasteiger partial charge in [0.2, 0.25) is 5.91 Å². The van der Waals surface area contributed by atoms with E-state index in [1.165, 1.54) is 4.90 Å². The molecule has 0 bridgehead atoms. The summed E-state index contributed by atoms with van der Waals surface area (Å²) in [7, 11) is 0. The van der Waals surface area contributed by atoms with Crippen LogP contribution in [-0.4, -0.2) is 35.4 Å². The maximum atomic E-state index is 11.9. The lowest BCUT2D eigenvalue weighted by Gasteiger charge is -2.23. The zero-order valence-electron chi connectivity index (χ0n) is 12.4. The first-order valence-electron chi connectivity index (χ1n) is 6.84. The highest BCUT2D eigenvalue weighted by atomic mass is 16.6. The molecule has 6 heteroatoms. The van der Waals surface area contributed by atoms with E-state index < -0.39 is 17.8 Å². The van der Waals surface area contributed by atoms with Gasteiger partial charge in [0.15, 0.2) is 0 Å². The molecule has 21 heavy (non-hydrogen) atoms. The number of aliphatic hydroxyl groups excluding tert-OH is 1. The number of hydrogen-bond acceptors (Lipinski definition) is 4. The smallest absolute Gasteiger partial charge is 0.412 e. The first-order chi connectivity index (χ1) is 9.76. The fourth-order valence-corrected chi connectivity index (χ4v) is 2.15. The predicted octanol–water partition coefficient (Wildman–Crippen LogP) is 2.13. The van der Waals surface area contributed by atoms with Crippen LogP contribution in [0, 0.1) is 0 Å². The normalized spacial score (nSPS) is 18.8. The molecule has 0 radical (unpaired) electrons. The Balaban J connectivity index is 2.18. The van der Waals surface area contributed by atoms with Gasteiger partial charge >= 0.3 is 6.09 Å². The number of amides is 2. The van der Waals surface area contributed by atoms with Gasteiger partial charge in [0.1, 0.15) is 5.60 Å². The molecule has 2 amide bonds. The van der Waals surface area contributed by atoms with Gasteiger partial charge in [0.05, 0.1) is 30.4 Å². The van der Waals surface area contributed by atoms with Crippen molar-refractivity contribution < 1.29 is 19.4 Å². The third kappa shape index (κ3) is 3.95. The Bertz CT molecular complexity index is 551. The molecule has 1 saturated heterocycles. The first kappa shape index (κ1) is 15.3. The summed E-state index contributed by atoms with van der Waals surface area (Å²) >= 11 is 0. The molecule has 1 aromatic rings. The summed E-state index contributed by atoms with van der Waals surface area (Å²) in [6.07, 6.45) is -1.16. The number of para-hydroxylation sites is 2. The van der Waals surface area contributed by atoms with Crippen LogP contribution in [0.3, 0.4) is 0 Å². The third-order valence-corrected chi connectivity index (χ3v) is 2.94. The molecule has 2 N–H and O–H groups in total. The van der Waals surface area contributed by atoms with Crippen molar-refractivity contribution >= 4 is 23.4 Å². The largest absolute Gasteiger partial charge is 0.444 e. The number of anilines is 2. The van der Waals surface area contributed by atoms with Crippen molar-refractivity contribution in [2.24, 2.45) is 0 Å². The highest BCUT2D eigenvalue weighted by molar-refractivity contribution is 6.01. The van der Waals surface area contributed by atoms with Crippen molar-refractivity contribution in [1.29, 1.82) is 0 Å². The molecule has 1 aliphatic rings. The van der Waals surface area contributed by atoms with E-state index in [1.54, 1.807) is 45.0 Å². The number of β-amino-alcohol motifs (C(OH)–C–C–N with tert-alkyl or cyclic N) is 1. The molecule has 1 unspecified atom stereocenters. The number of carbonyl (C=O) groups is 2. The summed E-state index contributed by atoms with van der Waals surface area (Å²) in [6, 6.07) is 6.95. The molecule has 0 aliphatic carbocycles. The second-order valence-electron chi connectivity index (χ2n) is 6.01. The van der Waals surface area contributed by atoms with E-state index in [9.17, 15) is 14.7 Å². The molecule has 1 heterocycles. The number of rotatable bonds is 2. The van der Waals surface area contributed by atoms with Crippen LogP contribution in [0.25, 0.3) is 0 Å². The van der Waals surface area contributed by atoms with Crippen LogP contribution in [-0.2, 0) is 9.53 Å². The highest BCUT2D eigenvalue weighted by Crippen LogP contribution is 2.29. The lowest BCUT2D eigenvalue weighted by Crippen LogP contribution is -2.29. The fourth-order valence-electron chi connectivity index (χ4n) is 2.15. The van der Waals surface area contributed by atoms with Gasteiger partial charge in [-0.25, -0.2) is 4.79 Å². The Kier molecular flexibility index (Phi) is 4.18. The summed E-state index contributed by atoms with van der Waals surface area (Å²) in [6.45, 7) is 5.56. The molecule has 6 nitrogen and oxygen atoms in total. The molecule has 0 spiro atoms. The SMILES string of the molecule is CC(C)(C)OC(=O)Nc1ccccc1N1CC(O)CC1=O. The van der Waals surface area contributed by atoms with Gasteiger partial charge in [-0.1, -0.05) is 12.1 Å². The summed E-state index contributed by atoms with van der Waals surface area (Å²) in [5.41, 5.74) is 0.442. The van der Waals surface area contributed by atoms with E-state index in [4.69, 9.17) is 4.74 Å². The van der Waals surface area contributed by atoms with E-state index >= 15 is 0 Å². The van der Waals surface area contributed by atoms with Gasteiger partial charge in [-0.3, -0.25) is 10.1 Å². The molecule has 2 rings (SSSR count). The number of hydrogen-bond donors (Lipinski definition) is 2. The standard InChI is InChI=1S/C15H20N2O4/c1-15(2,3)21-14(20)16-11-6-4-5-7-12(11)17-9-10(18)8-13(17)19/h4-7,10,18H,8-9H2,1-3H3,(H,16,20). The zero-order valence-corrected chi connectivity index (χ0v) is 12.4. The van der Waals surface area contributed by atoms with Crippen molar-refractivity contribution in [3.05, 3.63) is 24.3 Å². The lowest BCUT2D eigenvalue weighted by molar-refractivity contribution is -0.117. The van der Waals surface area contributed by atoms with Gasteiger partial charge in [-0.05, 0) is 32.9 Å². The predicted molar refractivity (Wildman–Crippen MR) is 79.3 cm³/mol. The Morgan fingerprint density at radius 1 is 1.38 bits per heavy atom. The van der Waals surface area contributed by atoms with Crippen LogP contribution in [0.1, 0.15) is 27.2 Å². The second kappa shape index (κ2) is 5.73. The van der Waals surface area contributed by atoms with Gasteiger partial charge < -0.3 is 14.7 Å². The van der Waals surface area contributed by atoms with E-state index in [-0.39, 0.29) is 18.9 Å². The fraction of sp³-hybridized carbons (Fsp3) is 0.467. The van der Waals surface area contributed by atoms with Gasteiger partial charge in [-0.2, -0.15) is 0 Å². The van der Waals surface area contributed by atoms with Crippen molar-refractivity contribution in [2.75, 3.05) is 16.8 Å². The number of ether oxygens (including phenoxy) is 1. The van der Waals surface area contributed by atoms with Crippen molar-refractivity contribution in [3.8, 4) is 0 Å². The van der Waals surface area contributed by atoms with Crippen LogP contribution >= 0.6 is 0 Å². The van der Waals surface area contributed by atoms with Crippen LogP contribution < -0.4 is 10.2 Å². The van der Waals surface area contributed by atoms with Gasteiger partial charge in [0, 0.05) is 0 Å². The van der Waals surface area contributed by atoms with E-state index in [0.29, 0.717) is 11.4 Å². The number of carbonyl (C=O) groups excluding carboxylic acids is 2. The van der Waals surface area contributed by atoms with Crippen LogP contribution in [0.4, 0.5) is 16.2 Å². The average Bonchev–Trinajstić information content (AvgIpc) is 2.66. The summed E-state index contributed by atoms with van der Waals surface area (Å²) < 4.78 is 5.20. The number of benzene rings is 1. The second-order valence-corrected chi connectivity index (χ2v) is 6.01. The van der Waals surface area contributed by atoms with Crippen LogP contribution in [0.15, 0.2) is 24.3 Å². The minimum Gasteiger partial charge on any atom is -0.444 e. The summed E-state index contributed by atoms with van der Waals surface area (Å²) in [5.74, 6) is -0.166. The third-order valence-electron chi connectivity index (χ3n) is 2.94. The summed E-state index contributed by atoms with van der Waals surface area (Å²) in [4.78, 5) is 25.2. The van der Waals surface area contributed by atoms with Crippen molar-refractivity contribution in [3.63, 3.8) is 0 Å². The van der Waals surface area contributed by atoms with Gasteiger partial charge in [0.25, 0.3) is 0 Å². The average molecular weight is 292 g/mol. The molecule has 1 aliphatic heterocycles. The first-order valence-corrected chi connectivity index (χ1v) is 6.84.